The van der Waals surface area contributed by atoms with Crippen LogP contribution in [0, 0.1) is 0 Å². The van der Waals surface area contributed by atoms with E-state index in [1.165, 1.54) is 21.5 Å². The highest BCUT2D eigenvalue weighted by molar-refractivity contribution is 6.26. The lowest BCUT2D eigenvalue weighted by molar-refractivity contribution is 0.945. The van der Waals surface area contributed by atoms with E-state index in [-0.39, 0.29) is 0 Å². The molecule has 266 valence electrons. The molecule has 0 atom stereocenters. The van der Waals surface area contributed by atoms with E-state index in [0.717, 1.165) is 60.9 Å². The summed E-state index contributed by atoms with van der Waals surface area (Å²) in [6.45, 7) is 0. The van der Waals surface area contributed by atoms with Gasteiger partial charge in [0.05, 0.1) is 33.1 Å². The normalized spacial score (nSPS) is 11.9. The summed E-state index contributed by atoms with van der Waals surface area (Å²) in [6.07, 6.45) is 0. The molecule has 0 saturated carbocycles. The van der Waals surface area contributed by atoms with Crippen LogP contribution in [0.25, 0.3) is 106 Å². The van der Waals surface area contributed by atoms with Gasteiger partial charge in [-0.05, 0) is 54.6 Å². The van der Waals surface area contributed by atoms with Crippen molar-refractivity contribution in [1.29, 1.82) is 0 Å². The molecule has 0 amide bonds. The van der Waals surface area contributed by atoms with E-state index in [0.29, 0.717) is 23.3 Å². The number of nitrogens with zero attached hydrogens (tertiary/aromatic N) is 7. The van der Waals surface area contributed by atoms with Crippen molar-refractivity contribution in [1.82, 2.24) is 33.6 Å². The number of fused-ring (bicyclic) bond motifs is 10. The van der Waals surface area contributed by atoms with Gasteiger partial charge in [0, 0.05) is 43.6 Å². The lowest BCUT2D eigenvalue weighted by atomic mass is 10.1. The Balaban J connectivity index is 1.14. The molecule has 12 rings (SSSR count). The number of pyridine rings is 1. The van der Waals surface area contributed by atoms with Crippen molar-refractivity contribution in [2.45, 2.75) is 0 Å². The van der Waals surface area contributed by atoms with Gasteiger partial charge in [-0.1, -0.05) is 133 Å². The fraction of sp³-hybridized carbons (Fsp3) is 0. The van der Waals surface area contributed by atoms with Crippen LogP contribution in [0.1, 0.15) is 0 Å². The molecule has 0 spiro atoms. The van der Waals surface area contributed by atoms with Crippen LogP contribution in [0.15, 0.2) is 188 Å². The Labute approximate surface area is 326 Å². The lowest BCUT2D eigenvalue weighted by Gasteiger charge is -2.12. The maximum Gasteiger partial charge on any atom is 0.238 e. The Morgan fingerprint density at radius 2 is 0.860 bits per heavy atom. The first-order valence-electron chi connectivity index (χ1n) is 19.1. The molecule has 0 bridgehead atoms. The molecule has 0 unspecified atom stereocenters. The number of benzene rings is 7. The Bertz CT molecular complexity index is 3470. The van der Waals surface area contributed by atoms with Crippen LogP contribution in [0.3, 0.4) is 0 Å². The third kappa shape index (κ3) is 4.72. The maximum atomic E-state index is 5.28. The summed E-state index contributed by atoms with van der Waals surface area (Å²) in [5.41, 5.74) is 9.16. The summed E-state index contributed by atoms with van der Waals surface area (Å²) in [5.74, 6) is 2.38. The summed E-state index contributed by atoms with van der Waals surface area (Å²) < 4.78 is 6.80. The largest absolute Gasteiger partial charge is 0.309 e. The minimum atomic E-state index is 0.492. The van der Waals surface area contributed by atoms with Crippen LogP contribution in [0.5, 0.6) is 0 Å². The van der Waals surface area contributed by atoms with Gasteiger partial charge in [0.2, 0.25) is 5.95 Å². The van der Waals surface area contributed by atoms with Gasteiger partial charge < -0.3 is 4.57 Å². The first-order valence-corrected chi connectivity index (χ1v) is 19.1. The number of hydrogen-bond donors (Lipinski definition) is 0. The van der Waals surface area contributed by atoms with Gasteiger partial charge in [0.15, 0.2) is 11.6 Å². The van der Waals surface area contributed by atoms with Gasteiger partial charge in [-0.25, -0.2) is 9.97 Å². The van der Waals surface area contributed by atoms with Crippen LogP contribution >= 0.6 is 0 Å². The molecule has 0 aliphatic rings. The molecule has 7 heteroatoms. The zero-order valence-electron chi connectivity index (χ0n) is 30.5. The summed E-state index contributed by atoms with van der Waals surface area (Å²) in [7, 11) is 0. The quantitative estimate of drug-likeness (QED) is 0.177. The Morgan fingerprint density at radius 1 is 0.316 bits per heavy atom. The topological polar surface area (TPSA) is 66.3 Å². The van der Waals surface area contributed by atoms with Gasteiger partial charge in [0.25, 0.3) is 0 Å². The molecule has 0 fully saturated rings. The predicted molar refractivity (Wildman–Crippen MR) is 232 cm³/mol. The van der Waals surface area contributed by atoms with Gasteiger partial charge in [-0.15, -0.1) is 0 Å². The molecule has 0 radical (unpaired) electrons. The van der Waals surface area contributed by atoms with Crippen LogP contribution in [-0.2, 0) is 0 Å². The van der Waals surface area contributed by atoms with E-state index in [1.54, 1.807) is 0 Å². The molecule has 0 aliphatic heterocycles. The van der Waals surface area contributed by atoms with E-state index in [2.05, 4.69) is 153 Å². The molecular formula is C50H31N7. The predicted octanol–water partition coefficient (Wildman–Crippen LogP) is 11.9. The van der Waals surface area contributed by atoms with Gasteiger partial charge in [-0.2, -0.15) is 9.97 Å². The van der Waals surface area contributed by atoms with Crippen molar-refractivity contribution in [3.05, 3.63) is 188 Å². The zero-order chi connectivity index (χ0) is 37.5. The second-order valence-electron chi connectivity index (χ2n) is 14.3. The number of hydrogen-bond acceptors (Lipinski definition) is 4. The van der Waals surface area contributed by atoms with E-state index in [9.17, 15) is 0 Å². The van der Waals surface area contributed by atoms with E-state index in [1.807, 2.05) is 48.5 Å². The molecule has 0 saturated heterocycles. The van der Waals surface area contributed by atoms with Crippen molar-refractivity contribution in [3.8, 4) is 40.4 Å². The average Bonchev–Trinajstić information content (AvgIpc) is 3.93. The molecule has 0 aliphatic carbocycles. The standard InChI is InChI=1S/C50H31N7/c1-3-16-32(17-4-1)48-52-49(39-24-15-29-45(51-39)56-41-26-12-7-20-34(41)35-21-8-13-27-42(35)56)54-50(53-48)57-43-28-14-10-23-38(43)46-44(57)31-30-37-36-22-9-11-25-40(36)55(47(37)46)33-18-5-2-6-19-33/h1-31H. The molecule has 7 nitrogen and oxygen atoms in total. The van der Waals surface area contributed by atoms with Crippen molar-refractivity contribution < 1.29 is 0 Å². The minimum absolute atomic E-state index is 0.492. The first-order chi connectivity index (χ1) is 28.3. The number of aromatic nitrogens is 7. The van der Waals surface area contributed by atoms with E-state index < -0.39 is 0 Å². The van der Waals surface area contributed by atoms with Crippen LogP contribution in [-0.4, -0.2) is 33.6 Å². The van der Waals surface area contributed by atoms with Crippen molar-refractivity contribution in [2.75, 3.05) is 0 Å². The van der Waals surface area contributed by atoms with Crippen molar-refractivity contribution in [3.63, 3.8) is 0 Å². The molecule has 0 N–H and O–H groups in total. The lowest BCUT2D eigenvalue weighted by Crippen LogP contribution is -2.07. The van der Waals surface area contributed by atoms with Gasteiger partial charge in [-0.3, -0.25) is 9.13 Å². The molecule has 12 aromatic rings. The Morgan fingerprint density at radius 3 is 1.54 bits per heavy atom. The molecular weight excluding hydrogens is 699 g/mol. The van der Waals surface area contributed by atoms with Crippen molar-refractivity contribution >= 4 is 65.4 Å². The second kappa shape index (κ2) is 12.3. The van der Waals surface area contributed by atoms with Crippen molar-refractivity contribution in [2.24, 2.45) is 0 Å². The minimum Gasteiger partial charge on any atom is -0.309 e. The highest BCUT2D eigenvalue weighted by Crippen LogP contribution is 2.42. The average molecular weight is 730 g/mol. The zero-order valence-corrected chi connectivity index (χ0v) is 30.5. The van der Waals surface area contributed by atoms with Gasteiger partial charge in [0.1, 0.15) is 11.5 Å². The molecule has 5 aromatic heterocycles. The molecule has 7 aromatic carbocycles. The fourth-order valence-electron chi connectivity index (χ4n) is 8.71. The van der Waals surface area contributed by atoms with E-state index in [4.69, 9.17) is 19.9 Å². The highest BCUT2D eigenvalue weighted by atomic mass is 15.2. The molecule has 57 heavy (non-hydrogen) atoms. The smallest absolute Gasteiger partial charge is 0.238 e. The van der Waals surface area contributed by atoms with Crippen LogP contribution in [0.4, 0.5) is 0 Å². The maximum absolute atomic E-state index is 5.28. The van der Waals surface area contributed by atoms with E-state index >= 15 is 0 Å². The summed E-state index contributed by atoms with van der Waals surface area (Å²) in [6, 6.07) is 65.4. The number of para-hydroxylation sites is 5. The first kappa shape index (κ1) is 31.5. The second-order valence-corrected chi connectivity index (χ2v) is 14.3. The van der Waals surface area contributed by atoms with Gasteiger partial charge >= 0.3 is 0 Å². The van der Waals surface area contributed by atoms with Crippen LogP contribution in [0.2, 0.25) is 0 Å². The SMILES string of the molecule is c1ccc(-c2nc(-c3cccc(-n4c5ccccc5c5ccccc54)n3)nc(-n3c4ccccc4c4c3ccc3c5ccccc5n(-c5ccccc5)c34)n2)cc1. The van der Waals surface area contributed by atoms with Crippen LogP contribution < -0.4 is 0 Å². The monoisotopic (exact) mass is 729 g/mol. The third-order valence-corrected chi connectivity index (χ3v) is 11.1. The molecule has 5 heterocycles. The Kier molecular flexibility index (Phi) is 6.79. The summed E-state index contributed by atoms with van der Waals surface area (Å²) >= 11 is 0. The highest BCUT2D eigenvalue weighted by Gasteiger charge is 2.23. The Hall–Kier alpha value is -7.90. The fourth-order valence-corrected chi connectivity index (χ4v) is 8.71. The number of rotatable bonds is 5. The summed E-state index contributed by atoms with van der Waals surface area (Å²) in [4.78, 5) is 20.9. The summed E-state index contributed by atoms with van der Waals surface area (Å²) in [5, 5.41) is 7.02. The third-order valence-electron chi connectivity index (χ3n) is 11.1.